The SMILES string of the molecule is Cc1ccc(N)c(NC(=O)C(=O)Nc2nc3c(s2)CN(C)CC3)c1. The number of hydrogen-bond acceptors (Lipinski definition) is 6. The van der Waals surface area contributed by atoms with Crippen molar-refractivity contribution in [3.8, 4) is 0 Å². The lowest BCUT2D eigenvalue weighted by atomic mass is 10.2. The number of aryl methyl sites for hydroxylation is 1. The second kappa shape index (κ2) is 6.58. The summed E-state index contributed by atoms with van der Waals surface area (Å²) in [6.07, 6.45) is 0.851. The third-order valence-corrected chi connectivity index (χ3v) is 4.80. The van der Waals surface area contributed by atoms with Gasteiger partial charge in [0.05, 0.1) is 17.1 Å². The van der Waals surface area contributed by atoms with Crippen LogP contribution in [0.4, 0.5) is 16.5 Å². The van der Waals surface area contributed by atoms with Gasteiger partial charge in [-0.2, -0.15) is 0 Å². The topological polar surface area (TPSA) is 100 Å². The number of anilines is 3. The molecule has 1 aliphatic heterocycles. The van der Waals surface area contributed by atoms with E-state index >= 15 is 0 Å². The summed E-state index contributed by atoms with van der Waals surface area (Å²) in [7, 11) is 2.04. The van der Waals surface area contributed by atoms with Gasteiger partial charge < -0.3 is 16.0 Å². The minimum absolute atomic E-state index is 0.412. The second-order valence-corrected chi connectivity index (χ2v) is 6.96. The normalized spacial score (nSPS) is 14.1. The third kappa shape index (κ3) is 3.55. The lowest BCUT2D eigenvalue weighted by Crippen LogP contribution is -2.29. The zero-order chi connectivity index (χ0) is 17.3. The first-order chi connectivity index (χ1) is 11.4. The van der Waals surface area contributed by atoms with E-state index in [2.05, 4.69) is 20.5 Å². The van der Waals surface area contributed by atoms with E-state index < -0.39 is 11.8 Å². The molecule has 1 aromatic heterocycles. The van der Waals surface area contributed by atoms with Gasteiger partial charge in [-0.1, -0.05) is 6.07 Å². The van der Waals surface area contributed by atoms with Crippen molar-refractivity contribution in [1.82, 2.24) is 9.88 Å². The molecule has 0 spiro atoms. The summed E-state index contributed by atoms with van der Waals surface area (Å²) in [5.41, 5.74) is 8.58. The van der Waals surface area contributed by atoms with Crippen LogP contribution in [0.2, 0.25) is 0 Å². The Labute approximate surface area is 143 Å². The summed E-state index contributed by atoms with van der Waals surface area (Å²) >= 11 is 1.41. The van der Waals surface area contributed by atoms with E-state index in [1.54, 1.807) is 12.1 Å². The number of nitrogens with one attached hydrogen (secondary N) is 2. The second-order valence-electron chi connectivity index (χ2n) is 5.88. The van der Waals surface area contributed by atoms with E-state index in [1.807, 2.05) is 20.0 Å². The summed E-state index contributed by atoms with van der Waals surface area (Å²) in [5.74, 6) is -1.52. The van der Waals surface area contributed by atoms with E-state index in [9.17, 15) is 9.59 Å². The Morgan fingerprint density at radius 2 is 2.04 bits per heavy atom. The summed E-state index contributed by atoms with van der Waals surface area (Å²) in [5, 5.41) is 5.55. The fraction of sp³-hybridized carbons (Fsp3) is 0.312. The molecule has 1 aliphatic rings. The third-order valence-electron chi connectivity index (χ3n) is 3.81. The van der Waals surface area contributed by atoms with Crippen LogP contribution in [0.25, 0.3) is 0 Å². The molecule has 0 saturated heterocycles. The van der Waals surface area contributed by atoms with Crippen molar-refractivity contribution in [2.24, 2.45) is 0 Å². The fourth-order valence-corrected chi connectivity index (χ4v) is 3.57. The average molecular weight is 345 g/mol. The number of benzene rings is 1. The van der Waals surface area contributed by atoms with Crippen LogP contribution in [0.5, 0.6) is 0 Å². The van der Waals surface area contributed by atoms with Crippen LogP contribution >= 0.6 is 11.3 Å². The zero-order valence-corrected chi connectivity index (χ0v) is 14.4. The Balaban J connectivity index is 1.66. The highest BCUT2D eigenvalue weighted by Crippen LogP contribution is 2.27. The van der Waals surface area contributed by atoms with E-state index in [-0.39, 0.29) is 0 Å². The van der Waals surface area contributed by atoms with Crippen molar-refractivity contribution in [3.63, 3.8) is 0 Å². The number of carbonyl (C=O) groups excluding carboxylic acids is 2. The molecule has 0 saturated carbocycles. The molecule has 0 radical (unpaired) electrons. The average Bonchev–Trinajstić information content (AvgIpc) is 2.92. The predicted octanol–water partition coefficient (Wildman–Crippen LogP) is 1.60. The van der Waals surface area contributed by atoms with Gasteiger partial charge in [0.2, 0.25) is 0 Å². The van der Waals surface area contributed by atoms with Gasteiger partial charge in [0, 0.05) is 24.4 Å². The summed E-state index contributed by atoms with van der Waals surface area (Å²) < 4.78 is 0. The van der Waals surface area contributed by atoms with Crippen LogP contribution in [0, 0.1) is 6.92 Å². The Morgan fingerprint density at radius 1 is 1.29 bits per heavy atom. The van der Waals surface area contributed by atoms with Crippen molar-refractivity contribution >= 4 is 39.7 Å². The highest BCUT2D eigenvalue weighted by atomic mass is 32.1. The van der Waals surface area contributed by atoms with Crippen LogP contribution in [-0.2, 0) is 22.6 Å². The maximum Gasteiger partial charge on any atom is 0.315 e. The molecule has 0 atom stereocenters. The fourth-order valence-electron chi connectivity index (χ4n) is 2.49. The minimum Gasteiger partial charge on any atom is -0.397 e. The molecule has 7 nitrogen and oxygen atoms in total. The van der Waals surface area contributed by atoms with Gasteiger partial charge in [-0.05, 0) is 31.7 Å². The van der Waals surface area contributed by atoms with Crippen molar-refractivity contribution in [2.45, 2.75) is 19.9 Å². The van der Waals surface area contributed by atoms with Crippen molar-refractivity contribution in [2.75, 3.05) is 30.0 Å². The number of likely N-dealkylation sites (N-methyl/N-ethyl adjacent to an activating group) is 1. The number of nitrogens with two attached hydrogens (primary N) is 1. The lowest BCUT2D eigenvalue weighted by molar-refractivity contribution is -0.132. The molecule has 24 heavy (non-hydrogen) atoms. The molecule has 0 aliphatic carbocycles. The standard InChI is InChI=1S/C16H19N5O2S/c1-9-3-4-10(17)12(7-9)18-14(22)15(23)20-16-19-11-5-6-21(2)8-13(11)24-16/h3-4,7H,5-6,8,17H2,1-2H3,(H,18,22)(H,19,20,23). The number of thiazole rings is 1. The molecule has 0 fully saturated rings. The molecule has 4 N–H and O–H groups in total. The van der Waals surface area contributed by atoms with E-state index in [4.69, 9.17) is 5.73 Å². The monoisotopic (exact) mass is 345 g/mol. The number of fused-ring (bicyclic) bond motifs is 1. The van der Waals surface area contributed by atoms with Gasteiger partial charge in [-0.15, -0.1) is 11.3 Å². The van der Waals surface area contributed by atoms with Crippen LogP contribution in [0.3, 0.4) is 0 Å². The first-order valence-electron chi connectivity index (χ1n) is 7.58. The molecule has 3 rings (SSSR count). The molecule has 2 amide bonds. The van der Waals surface area contributed by atoms with Gasteiger partial charge >= 0.3 is 11.8 Å². The van der Waals surface area contributed by atoms with E-state index in [1.165, 1.54) is 11.3 Å². The maximum atomic E-state index is 12.1. The number of carbonyl (C=O) groups is 2. The molecular weight excluding hydrogens is 326 g/mol. The van der Waals surface area contributed by atoms with E-state index in [0.717, 1.165) is 35.6 Å². The lowest BCUT2D eigenvalue weighted by Gasteiger charge is -2.20. The van der Waals surface area contributed by atoms with Gasteiger partial charge in [-0.25, -0.2) is 4.98 Å². The van der Waals surface area contributed by atoms with Gasteiger partial charge in [0.1, 0.15) is 0 Å². The Morgan fingerprint density at radius 3 is 2.83 bits per heavy atom. The Bertz CT molecular complexity index is 802. The summed E-state index contributed by atoms with van der Waals surface area (Å²) in [6, 6.07) is 5.24. The Kier molecular flexibility index (Phi) is 4.50. The smallest absolute Gasteiger partial charge is 0.315 e. The quantitative estimate of drug-likeness (QED) is 0.567. The number of aromatic nitrogens is 1. The molecule has 0 unspecified atom stereocenters. The van der Waals surface area contributed by atoms with Crippen LogP contribution in [0.1, 0.15) is 16.1 Å². The highest BCUT2D eigenvalue weighted by molar-refractivity contribution is 7.16. The summed E-state index contributed by atoms with van der Waals surface area (Å²) in [4.78, 5) is 31.9. The van der Waals surface area contributed by atoms with Gasteiger partial charge in [-0.3, -0.25) is 14.9 Å². The van der Waals surface area contributed by atoms with E-state index in [0.29, 0.717) is 16.5 Å². The van der Waals surface area contributed by atoms with Crippen LogP contribution in [0.15, 0.2) is 18.2 Å². The molecule has 1 aromatic carbocycles. The molecular formula is C16H19N5O2S. The number of nitrogen functional groups attached to an aromatic ring is 1. The number of nitrogens with zero attached hydrogens (tertiary/aromatic N) is 2. The molecule has 8 heteroatoms. The Hall–Kier alpha value is -2.45. The highest BCUT2D eigenvalue weighted by Gasteiger charge is 2.21. The molecule has 2 aromatic rings. The summed E-state index contributed by atoms with van der Waals surface area (Å²) in [6.45, 7) is 3.64. The molecule has 126 valence electrons. The van der Waals surface area contributed by atoms with Crippen molar-refractivity contribution < 1.29 is 9.59 Å². The van der Waals surface area contributed by atoms with Gasteiger partial charge in [0.15, 0.2) is 5.13 Å². The predicted molar refractivity (Wildman–Crippen MR) is 95.0 cm³/mol. The number of rotatable bonds is 2. The van der Waals surface area contributed by atoms with Gasteiger partial charge in [0.25, 0.3) is 0 Å². The van der Waals surface area contributed by atoms with Crippen molar-refractivity contribution in [1.29, 1.82) is 0 Å². The first kappa shape index (κ1) is 16.4. The molecule has 2 heterocycles. The molecule has 0 bridgehead atoms. The number of hydrogen-bond donors (Lipinski definition) is 3. The zero-order valence-electron chi connectivity index (χ0n) is 13.5. The largest absolute Gasteiger partial charge is 0.397 e. The minimum atomic E-state index is -0.766. The van der Waals surface area contributed by atoms with Crippen LogP contribution < -0.4 is 16.4 Å². The maximum absolute atomic E-state index is 12.1. The van der Waals surface area contributed by atoms with Crippen molar-refractivity contribution in [3.05, 3.63) is 34.3 Å². The first-order valence-corrected chi connectivity index (χ1v) is 8.39. The number of amides is 2. The van der Waals surface area contributed by atoms with Crippen LogP contribution in [-0.4, -0.2) is 35.3 Å².